The first kappa shape index (κ1) is 43.5. The minimum atomic E-state index is -0.870. The predicted octanol–water partition coefficient (Wildman–Crippen LogP) is 9.51. The number of ether oxygens (including phenoxy) is 2. The number of benzene rings is 2. The predicted molar refractivity (Wildman–Crippen MR) is 213 cm³/mol. The largest absolute Gasteiger partial charge is 0.458 e. The minimum absolute atomic E-state index is 0.0157. The lowest BCUT2D eigenvalue weighted by Crippen LogP contribution is -2.44. The van der Waals surface area contributed by atoms with Gasteiger partial charge in [0.2, 0.25) is 11.8 Å². The molecule has 9 heteroatoms. The van der Waals surface area contributed by atoms with E-state index in [9.17, 15) is 19.2 Å². The second-order valence-electron chi connectivity index (χ2n) is 15.7. The second kappa shape index (κ2) is 23.7. The summed E-state index contributed by atoms with van der Waals surface area (Å²) in [6.45, 7) is 10.3. The van der Waals surface area contributed by atoms with E-state index in [1.807, 2.05) is 31.2 Å². The molecule has 3 N–H and O–H groups in total. The van der Waals surface area contributed by atoms with Gasteiger partial charge in [0.05, 0.1) is 0 Å². The highest BCUT2D eigenvalue weighted by Gasteiger charge is 2.29. The Balaban J connectivity index is 1.28. The van der Waals surface area contributed by atoms with E-state index in [1.165, 1.54) is 73.6 Å². The quantitative estimate of drug-likeness (QED) is 0.0690. The molecule has 0 heterocycles. The van der Waals surface area contributed by atoms with Crippen molar-refractivity contribution >= 4 is 23.9 Å². The molecule has 1 aliphatic carbocycles. The molecule has 53 heavy (non-hydrogen) atoms. The molecule has 3 amide bonds. The number of rotatable bonds is 25. The van der Waals surface area contributed by atoms with Gasteiger partial charge >= 0.3 is 12.1 Å². The van der Waals surface area contributed by atoms with E-state index in [4.69, 9.17) is 9.47 Å². The van der Waals surface area contributed by atoms with Crippen molar-refractivity contribution in [3.63, 3.8) is 0 Å². The Kier molecular flexibility index (Phi) is 19.5. The molecule has 0 saturated carbocycles. The molecule has 3 rings (SSSR count). The molecule has 0 fully saturated rings. The lowest BCUT2D eigenvalue weighted by molar-refractivity contribution is -0.158. The van der Waals surface area contributed by atoms with Crippen LogP contribution in [0.25, 0.3) is 11.1 Å². The summed E-state index contributed by atoms with van der Waals surface area (Å²) in [4.78, 5) is 50.9. The highest BCUT2D eigenvalue weighted by molar-refractivity contribution is 5.85. The van der Waals surface area contributed by atoms with Crippen LogP contribution in [-0.4, -0.2) is 54.7 Å². The van der Waals surface area contributed by atoms with Crippen LogP contribution < -0.4 is 16.0 Å². The van der Waals surface area contributed by atoms with Gasteiger partial charge in [-0.2, -0.15) is 0 Å². The first-order valence-corrected chi connectivity index (χ1v) is 20.4. The number of carbonyl (C=O) groups is 4. The van der Waals surface area contributed by atoms with E-state index >= 15 is 0 Å². The molecular formula is C44H67N3O6. The van der Waals surface area contributed by atoms with E-state index in [0.717, 1.165) is 38.5 Å². The van der Waals surface area contributed by atoms with Gasteiger partial charge in [-0.05, 0) is 82.1 Å². The van der Waals surface area contributed by atoms with E-state index in [-0.39, 0.29) is 43.2 Å². The Hall–Kier alpha value is -3.88. The third-order valence-electron chi connectivity index (χ3n) is 9.79. The van der Waals surface area contributed by atoms with Crippen molar-refractivity contribution in [2.24, 2.45) is 0 Å². The van der Waals surface area contributed by atoms with Gasteiger partial charge in [-0.15, -0.1) is 0 Å². The monoisotopic (exact) mass is 734 g/mol. The Morgan fingerprint density at radius 2 is 1.25 bits per heavy atom. The first-order valence-electron chi connectivity index (χ1n) is 20.4. The summed E-state index contributed by atoms with van der Waals surface area (Å²) >= 11 is 0. The number of carbonyl (C=O) groups excluding carboxylic acids is 4. The van der Waals surface area contributed by atoms with Gasteiger partial charge in [0.1, 0.15) is 18.2 Å². The second-order valence-corrected chi connectivity index (χ2v) is 15.7. The van der Waals surface area contributed by atoms with Crippen LogP contribution in [0.2, 0.25) is 0 Å². The molecule has 0 spiro atoms. The van der Waals surface area contributed by atoms with Gasteiger partial charge in [-0.25, -0.2) is 9.59 Å². The molecule has 2 aromatic carbocycles. The van der Waals surface area contributed by atoms with Crippen LogP contribution in [0, 0.1) is 0 Å². The summed E-state index contributed by atoms with van der Waals surface area (Å²) in [6.07, 6.45) is 15.7. The zero-order valence-corrected chi connectivity index (χ0v) is 33.2. The zero-order chi connectivity index (χ0) is 38.5. The van der Waals surface area contributed by atoms with Crippen LogP contribution in [0.15, 0.2) is 48.5 Å². The van der Waals surface area contributed by atoms with Gasteiger partial charge in [-0.1, -0.05) is 120 Å². The summed E-state index contributed by atoms with van der Waals surface area (Å²) < 4.78 is 11.2. The molecule has 2 aromatic rings. The Labute approximate surface area is 319 Å². The number of amides is 3. The number of fused-ring (bicyclic) bond motifs is 3. The van der Waals surface area contributed by atoms with Gasteiger partial charge < -0.3 is 25.4 Å². The van der Waals surface area contributed by atoms with E-state index < -0.39 is 23.7 Å². The van der Waals surface area contributed by atoms with Crippen molar-refractivity contribution in [2.45, 2.75) is 167 Å². The number of esters is 1. The maximum atomic E-state index is 12.9. The maximum absolute atomic E-state index is 12.9. The summed E-state index contributed by atoms with van der Waals surface area (Å²) in [7, 11) is 0. The van der Waals surface area contributed by atoms with E-state index in [2.05, 4.69) is 47.1 Å². The summed E-state index contributed by atoms with van der Waals surface area (Å²) in [5, 5.41) is 8.68. The van der Waals surface area contributed by atoms with E-state index in [0.29, 0.717) is 13.0 Å². The van der Waals surface area contributed by atoms with Crippen molar-refractivity contribution in [1.29, 1.82) is 0 Å². The molecule has 294 valence electrons. The van der Waals surface area contributed by atoms with Gasteiger partial charge in [0.15, 0.2) is 0 Å². The van der Waals surface area contributed by atoms with Crippen LogP contribution in [-0.2, 0) is 23.9 Å². The van der Waals surface area contributed by atoms with Crippen molar-refractivity contribution in [3.8, 4) is 11.1 Å². The maximum Gasteiger partial charge on any atom is 0.407 e. The van der Waals surface area contributed by atoms with E-state index in [1.54, 1.807) is 20.8 Å². The topological polar surface area (TPSA) is 123 Å². The van der Waals surface area contributed by atoms with Crippen molar-refractivity contribution in [2.75, 3.05) is 13.2 Å². The van der Waals surface area contributed by atoms with Crippen LogP contribution in [0.5, 0.6) is 0 Å². The summed E-state index contributed by atoms with van der Waals surface area (Å²) in [5.74, 6) is -0.863. The lowest BCUT2D eigenvalue weighted by Gasteiger charge is -2.24. The third-order valence-corrected chi connectivity index (χ3v) is 9.79. The molecule has 2 unspecified atom stereocenters. The molecule has 0 aromatic heterocycles. The highest BCUT2D eigenvalue weighted by atomic mass is 16.6. The number of alkyl carbamates (subject to hydrolysis) is 1. The Morgan fingerprint density at radius 1 is 0.679 bits per heavy atom. The van der Waals surface area contributed by atoms with Gasteiger partial charge in [0, 0.05) is 31.3 Å². The standard InChI is InChI=1S/C44H67N3O6/c1-6-7-8-9-10-11-12-13-14-15-16-28-41(49)47-39(42(50)53-44(3,4)5)29-30-40(48)45-31-22-21-23-33(2)46-43(51)52-32-38-36-26-19-17-24-34(36)35-25-18-20-27-37(35)38/h17-20,24-27,33,38-39H,6-16,21-23,28-32H2,1-5H3,(H,45,48)(H,46,51)(H,47,49). The van der Waals surface area contributed by atoms with Crippen molar-refractivity contribution in [3.05, 3.63) is 59.7 Å². The van der Waals surface area contributed by atoms with Crippen LogP contribution in [0.3, 0.4) is 0 Å². The first-order chi connectivity index (χ1) is 25.5. The minimum Gasteiger partial charge on any atom is -0.458 e. The molecule has 9 nitrogen and oxygen atoms in total. The fourth-order valence-electron chi connectivity index (χ4n) is 6.92. The SMILES string of the molecule is CCCCCCCCCCCCCC(=O)NC(CCC(=O)NCCCCC(C)NC(=O)OCC1c2ccccc2-c2ccccc21)C(=O)OC(C)(C)C. The molecular weight excluding hydrogens is 666 g/mol. The zero-order valence-electron chi connectivity index (χ0n) is 33.2. The molecule has 1 aliphatic rings. The van der Waals surface area contributed by atoms with Gasteiger partial charge in [0.25, 0.3) is 0 Å². The van der Waals surface area contributed by atoms with Crippen molar-refractivity contribution < 1.29 is 28.7 Å². The van der Waals surface area contributed by atoms with Crippen LogP contribution in [0.4, 0.5) is 4.79 Å². The number of unbranched alkanes of at least 4 members (excludes halogenated alkanes) is 11. The average Bonchev–Trinajstić information content (AvgIpc) is 3.44. The Bertz CT molecular complexity index is 1370. The lowest BCUT2D eigenvalue weighted by atomic mass is 9.98. The molecule has 0 radical (unpaired) electrons. The smallest absolute Gasteiger partial charge is 0.407 e. The number of hydrogen-bond donors (Lipinski definition) is 3. The fraction of sp³-hybridized carbons (Fsp3) is 0.636. The summed E-state index contributed by atoms with van der Waals surface area (Å²) in [6, 6.07) is 15.6. The normalized spacial score (nSPS) is 13.4. The molecule has 0 saturated heterocycles. The molecule has 2 atom stereocenters. The highest BCUT2D eigenvalue weighted by Crippen LogP contribution is 2.44. The fourth-order valence-corrected chi connectivity index (χ4v) is 6.92. The third kappa shape index (κ3) is 16.8. The van der Waals surface area contributed by atoms with Crippen LogP contribution in [0.1, 0.15) is 161 Å². The van der Waals surface area contributed by atoms with Crippen LogP contribution >= 0.6 is 0 Å². The van der Waals surface area contributed by atoms with Gasteiger partial charge in [-0.3, -0.25) is 9.59 Å². The summed E-state index contributed by atoms with van der Waals surface area (Å²) in [5.41, 5.74) is 4.04. The Morgan fingerprint density at radius 3 is 1.83 bits per heavy atom. The molecule has 0 bridgehead atoms. The number of hydrogen-bond acceptors (Lipinski definition) is 6. The number of nitrogens with one attached hydrogen (secondary N) is 3. The van der Waals surface area contributed by atoms with Crippen molar-refractivity contribution in [1.82, 2.24) is 16.0 Å². The average molecular weight is 734 g/mol. The molecule has 0 aliphatic heterocycles.